The number of amides is 1. The molecule has 0 aromatic heterocycles. The fourth-order valence-corrected chi connectivity index (χ4v) is 1.67. The zero-order chi connectivity index (χ0) is 13.5. The van der Waals surface area contributed by atoms with Gasteiger partial charge < -0.3 is 21.4 Å². The highest BCUT2D eigenvalue weighted by molar-refractivity contribution is 5.75. The van der Waals surface area contributed by atoms with E-state index in [1.807, 2.05) is 0 Å². The Balaban J connectivity index is 4.33. The SMILES string of the molecule is CC(=O)CCC(N)(CCC(N)=O)CCC(C)O. The monoisotopic (exact) mass is 244 g/mol. The number of aliphatic hydroxyl groups is 1. The maximum atomic E-state index is 11.0. The summed E-state index contributed by atoms with van der Waals surface area (Å²) in [5.41, 5.74) is 10.7. The maximum Gasteiger partial charge on any atom is 0.217 e. The average molecular weight is 244 g/mol. The van der Waals surface area contributed by atoms with Crippen molar-refractivity contribution >= 4 is 11.7 Å². The molecule has 0 bridgehead atoms. The molecule has 0 rings (SSSR count). The lowest BCUT2D eigenvalue weighted by Crippen LogP contribution is -2.41. The van der Waals surface area contributed by atoms with E-state index < -0.39 is 11.6 Å². The standard InChI is InChI=1S/C12H24N2O3/c1-9(15)3-6-12(14,7-4-10(2)16)8-5-11(13)17/h9,15H,3-8,14H2,1-2H3,(H2,13,17). The van der Waals surface area contributed by atoms with Gasteiger partial charge in [-0.05, 0) is 39.5 Å². The number of rotatable bonds is 9. The van der Waals surface area contributed by atoms with Crippen LogP contribution in [0.5, 0.6) is 0 Å². The number of carbonyl (C=O) groups is 2. The first-order valence-corrected chi connectivity index (χ1v) is 6.00. The molecule has 0 aliphatic carbocycles. The summed E-state index contributed by atoms with van der Waals surface area (Å²) in [6.07, 6.45) is 2.33. The van der Waals surface area contributed by atoms with Crippen LogP contribution in [0.4, 0.5) is 0 Å². The molecule has 100 valence electrons. The summed E-state index contributed by atoms with van der Waals surface area (Å²) >= 11 is 0. The number of nitrogens with two attached hydrogens (primary N) is 2. The van der Waals surface area contributed by atoms with E-state index in [0.29, 0.717) is 32.1 Å². The molecule has 0 saturated carbocycles. The number of Topliss-reactive ketones (excluding diaryl/α,β-unsaturated/α-hetero) is 1. The van der Waals surface area contributed by atoms with Crippen molar-refractivity contribution in [3.05, 3.63) is 0 Å². The molecule has 5 heteroatoms. The van der Waals surface area contributed by atoms with Gasteiger partial charge in [-0.15, -0.1) is 0 Å². The summed E-state index contributed by atoms with van der Waals surface area (Å²) in [6, 6.07) is 0. The van der Waals surface area contributed by atoms with Gasteiger partial charge in [0.05, 0.1) is 6.10 Å². The lowest BCUT2D eigenvalue weighted by atomic mass is 9.83. The third-order valence-electron chi connectivity index (χ3n) is 2.90. The minimum atomic E-state index is -0.586. The molecule has 5 N–H and O–H groups in total. The van der Waals surface area contributed by atoms with Crippen LogP contribution in [0.3, 0.4) is 0 Å². The molecule has 5 nitrogen and oxygen atoms in total. The lowest BCUT2D eigenvalue weighted by molar-refractivity contribution is -0.118. The van der Waals surface area contributed by atoms with E-state index in [4.69, 9.17) is 11.5 Å². The normalized spacial score (nSPS) is 16.2. The first-order chi connectivity index (χ1) is 7.75. The maximum absolute atomic E-state index is 11.0. The Labute approximate surface area is 103 Å². The summed E-state index contributed by atoms with van der Waals surface area (Å²) in [5.74, 6) is -0.310. The highest BCUT2D eigenvalue weighted by atomic mass is 16.3. The number of aliphatic hydroxyl groups excluding tert-OH is 1. The fraction of sp³-hybridized carbons (Fsp3) is 0.833. The fourth-order valence-electron chi connectivity index (χ4n) is 1.67. The van der Waals surface area contributed by atoms with Crippen molar-refractivity contribution < 1.29 is 14.7 Å². The number of carbonyl (C=O) groups excluding carboxylic acids is 2. The van der Waals surface area contributed by atoms with Crippen LogP contribution in [0.2, 0.25) is 0 Å². The molecule has 0 fully saturated rings. The van der Waals surface area contributed by atoms with Crippen LogP contribution in [0.1, 0.15) is 52.4 Å². The van der Waals surface area contributed by atoms with Gasteiger partial charge in [0, 0.05) is 18.4 Å². The lowest BCUT2D eigenvalue weighted by Gasteiger charge is -2.29. The summed E-state index contributed by atoms with van der Waals surface area (Å²) in [4.78, 5) is 21.7. The average Bonchev–Trinajstić information content (AvgIpc) is 2.21. The van der Waals surface area contributed by atoms with Crippen molar-refractivity contribution in [3.8, 4) is 0 Å². The van der Waals surface area contributed by atoms with Crippen LogP contribution in [-0.4, -0.2) is 28.4 Å². The highest BCUT2D eigenvalue weighted by Gasteiger charge is 2.25. The van der Waals surface area contributed by atoms with Gasteiger partial charge in [-0.2, -0.15) is 0 Å². The summed E-state index contributed by atoms with van der Waals surface area (Å²) < 4.78 is 0. The zero-order valence-electron chi connectivity index (χ0n) is 10.7. The predicted octanol–water partition coefficient (Wildman–Crippen LogP) is 0.480. The van der Waals surface area contributed by atoms with Crippen LogP contribution >= 0.6 is 0 Å². The Morgan fingerprint density at radius 1 is 1.24 bits per heavy atom. The second kappa shape index (κ2) is 7.40. The second-order valence-corrected chi connectivity index (χ2v) is 4.92. The third-order valence-corrected chi connectivity index (χ3v) is 2.90. The summed E-state index contributed by atoms with van der Waals surface area (Å²) in [6.45, 7) is 3.21. The van der Waals surface area contributed by atoms with Crippen molar-refractivity contribution in [2.45, 2.75) is 64.0 Å². The van der Waals surface area contributed by atoms with E-state index in [0.717, 1.165) is 0 Å². The first kappa shape index (κ1) is 16.1. The van der Waals surface area contributed by atoms with E-state index >= 15 is 0 Å². The minimum Gasteiger partial charge on any atom is -0.393 e. The largest absolute Gasteiger partial charge is 0.393 e. The van der Waals surface area contributed by atoms with Gasteiger partial charge >= 0.3 is 0 Å². The van der Waals surface area contributed by atoms with Gasteiger partial charge in [-0.1, -0.05) is 0 Å². The van der Waals surface area contributed by atoms with Crippen molar-refractivity contribution in [1.82, 2.24) is 0 Å². The van der Waals surface area contributed by atoms with Gasteiger partial charge in [0.25, 0.3) is 0 Å². The highest BCUT2D eigenvalue weighted by Crippen LogP contribution is 2.23. The summed E-state index contributed by atoms with van der Waals surface area (Å²) in [5, 5.41) is 9.26. The molecule has 17 heavy (non-hydrogen) atoms. The first-order valence-electron chi connectivity index (χ1n) is 6.00. The molecule has 2 unspecified atom stereocenters. The van der Waals surface area contributed by atoms with Gasteiger partial charge in [0.2, 0.25) is 5.91 Å². The quantitative estimate of drug-likeness (QED) is 0.548. The Bertz CT molecular complexity index is 246. The minimum absolute atomic E-state index is 0.0796. The second-order valence-electron chi connectivity index (χ2n) is 4.92. The van der Waals surface area contributed by atoms with Crippen molar-refractivity contribution in [2.24, 2.45) is 11.5 Å². The van der Waals surface area contributed by atoms with E-state index in [1.54, 1.807) is 6.92 Å². The van der Waals surface area contributed by atoms with Crippen LogP contribution in [0.15, 0.2) is 0 Å². The van der Waals surface area contributed by atoms with Gasteiger partial charge in [-0.3, -0.25) is 4.79 Å². The number of primary amides is 1. The molecule has 0 spiro atoms. The van der Waals surface area contributed by atoms with Crippen molar-refractivity contribution in [1.29, 1.82) is 0 Å². The zero-order valence-corrected chi connectivity index (χ0v) is 10.7. The molecule has 0 saturated heterocycles. The van der Waals surface area contributed by atoms with Crippen LogP contribution in [-0.2, 0) is 9.59 Å². The Hall–Kier alpha value is -0.940. The molecule has 0 aromatic rings. The molecule has 0 heterocycles. The van der Waals surface area contributed by atoms with Crippen LogP contribution in [0.25, 0.3) is 0 Å². The van der Waals surface area contributed by atoms with Crippen LogP contribution < -0.4 is 11.5 Å². The van der Waals surface area contributed by atoms with E-state index in [1.165, 1.54) is 6.92 Å². The number of ketones is 1. The van der Waals surface area contributed by atoms with E-state index in [2.05, 4.69) is 0 Å². The van der Waals surface area contributed by atoms with E-state index in [-0.39, 0.29) is 18.1 Å². The van der Waals surface area contributed by atoms with Crippen molar-refractivity contribution in [3.63, 3.8) is 0 Å². The van der Waals surface area contributed by atoms with Crippen molar-refractivity contribution in [2.75, 3.05) is 0 Å². The molecule has 0 aliphatic rings. The molecule has 1 amide bonds. The van der Waals surface area contributed by atoms with Gasteiger partial charge in [0.15, 0.2) is 0 Å². The van der Waals surface area contributed by atoms with E-state index in [9.17, 15) is 14.7 Å². The molecular formula is C12H24N2O3. The van der Waals surface area contributed by atoms with Crippen LogP contribution in [0, 0.1) is 0 Å². The Kier molecular flexibility index (Phi) is 6.99. The Morgan fingerprint density at radius 3 is 2.18 bits per heavy atom. The molecule has 0 aliphatic heterocycles. The molecular weight excluding hydrogens is 220 g/mol. The molecule has 2 atom stereocenters. The third kappa shape index (κ3) is 8.83. The van der Waals surface area contributed by atoms with Gasteiger partial charge in [-0.25, -0.2) is 0 Å². The molecule has 0 aromatic carbocycles. The smallest absolute Gasteiger partial charge is 0.217 e. The number of hydrogen-bond donors (Lipinski definition) is 3. The topological polar surface area (TPSA) is 106 Å². The summed E-state index contributed by atoms with van der Waals surface area (Å²) in [7, 11) is 0. The Morgan fingerprint density at radius 2 is 1.76 bits per heavy atom. The van der Waals surface area contributed by atoms with Gasteiger partial charge in [0.1, 0.15) is 5.78 Å². The predicted molar refractivity (Wildman–Crippen MR) is 66.2 cm³/mol. The molecule has 0 radical (unpaired) electrons. The number of hydrogen-bond acceptors (Lipinski definition) is 4.